The fraction of sp³-hybridized carbons (Fsp3) is 0.333. The first kappa shape index (κ1) is 32.3. The van der Waals surface area contributed by atoms with E-state index in [1.165, 1.54) is 18.1 Å². The number of aromatic carboxylic acids is 1. The number of hydrogen-bond donors (Lipinski definition) is 4. The maximum absolute atomic E-state index is 14.2. The summed E-state index contributed by atoms with van der Waals surface area (Å²) in [6.07, 6.45) is 0.671. The number of carbonyl (C=O) groups excluding carboxylic acids is 3. The van der Waals surface area contributed by atoms with Crippen molar-refractivity contribution < 1.29 is 29.0 Å². The van der Waals surface area contributed by atoms with Crippen LogP contribution in [0.5, 0.6) is 5.75 Å². The van der Waals surface area contributed by atoms with Gasteiger partial charge in [0.15, 0.2) is 0 Å². The molecule has 1 heterocycles. The molecular formula is C30H36ClN5O6. The fourth-order valence-electron chi connectivity index (χ4n) is 4.93. The van der Waals surface area contributed by atoms with Gasteiger partial charge in [-0.3, -0.25) is 14.4 Å². The summed E-state index contributed by atoms with van der Waals surface area (Å²) in [6.45, 7) is 2.02. The van der Waals surface area contributed by atoms with Crippen molar-refractivity contribution in [2.45, 2.75) is 38.4 Å². The number of likely N-dealkylation sites (N-methyl/N-ethyl adjacent to an activating group) is 1. The second-order valence-corrected chi connectivity index (χ2v) is 9.87. The van der Waals surface area contributed by atoms with E-state index in [1.54, 1.807) is 67.4 Å². The Labute approximate surface area is 250 Å². The number of rotatable bonds is 10. The van der Waals surface area contributed by atoms with Crippen LogP contribution in [0.1, 0.15) is 35.7 Å². The van der Waals surface area contributed by atoms with Crippen molar-refractivity contribution in [3.05, 3.63) is 65.7 Å². The molecule has 3 aromatic rings. The van der Waals surface area contributed by atoms with Crippen LogP contribution in [0.2, 0.25) is 0 Å². The van der Waals surface area contributed by atoms with Crippen molar-refractivity contribution in [2.75, 3.05) is 37.0 Å². The second kappa shape index (κ2) is 14.1. The van der Waals surface area contributed by atoms with E-state index in [0.717, 1.165) is 0 Å². The number of carbonyl (C=O) groups is 4. The molecule has 0 saturated carbocycles. The van der Waals surface area contributed by atoms with E-state index in [-0.39, 0.29) is 49.3 Å². The Kier molecular flexibility index (Phi) is 10.9. The van der Waals surface area contributed by atoms with Crippen LogP contribution in [-0.4, -0.2) is 68.1 Å². The number of carboxylic acid groups (broad SMARTS) is 1. The van der Waals surface area contributed by atoms with Gasteiger partial charge in [0.2, 0.25) is 11.8 Å². The number of nitrogens with zero attached hydrogens (tertiary/aromatic N) is 2. The molecule has 0 unspecified atom stereocenters. The van der Waals surface area contributed by atoms with Crippen LogP contribution in [-0.2, 0) is 20.9 Å². The maximum Gasteiger partial charge on any atom is 0.335 e. The molecule has 12 heteroatoms. The third kappa shape index (κ3) is 6.64. The number of benzene rings is 3. The highest BCUT2D eigenvalue weighted by Crippen LogP contribution is 2.37. The number of ether oxygens (including phenoxy) is 1. The van der Waals surface area contributed by atoms with Crippen molar-refractivity contribution in [2.24, 2.45) is 5.73 Å². The van der Waals surface area contributed by atoms with Gasteiger partial charge in [0, 0.05) is 12.0 Å². The van der Waals surface area contributed by atoms with E-state index in [0.29, 0.717) is 46.4 Å². The minimum absolute atomic E-state index is 0. The monoisotopic (exact) mass is 597 g/mol. The molecule has 0 spiro atoms. The number of anilines is 2. The van der Waals surface area contributed by atoms with Gasteiger partial charge >= 0.3 is 5.97 Å². The molecule has 11 nitrogen and oxygen atoms in total. The average Bonchev–Trinajstić information content (AvgIpc) is 3.09. The molecule has 3 amide bonds. The van der Waals surface area contributed by atoms with E-state index < -0.39 is 24.0 Å². The van der Waals surface area contributed by atoms with Crippen LogP contribution < -0.4 is 30.9 Å². The van der Waals surface area contributed by atoms with Gasteiger partial charge in [0.1, 0.15) is 11.8 Å². The number of carboxylic acids is 1. The molecule has 1 aliphatic rings. The Hall–Kier alpha value is -4.19. The number of halogens is 1. The lowest BCUT2D eigenvalue weighted by atomic mass is 10.00. The lowest BCUT2D eigenvalue weighted by Crippen LogP contribution is -2.55. The predicted molar refractivity (Wildman–Crippen MR) is 163 cm³/mol. The Morgan fingerprint density at radius 3 is 2.48 bits per heavy atom. The van der Waals surface area contributed by atoms with Crippen LogP contribution in [0, 0.1) is 0 Å². The van der Waals surface area contributed by atoms with Gasteiger partial charge in [-0.15, -0.1) is 12.4 Å². The molecule has 0 saturated heterocycles. The zero-order valence-corrected chi connectivity index (χ0v) is 24.6. The van der Waals surface area contributed by atoms with Gasteiger partial charge < -0.3 is 36.0 Å². The normalized spacial score (nSPS) is 15.3. The van der Waals surface area contributed by atoms with E-state index >= 15 is 0 Å². The van der Waals surface area contributed by atoms with Gasteiger partial charge in [-0.2, -0.15) is 0 Å². The smallest absolute Gasteiger partial charge is 0.335 e. The van der Waals surface area contributed by atoms with E-state index in [4.69, 9.17) is 10.5 Å². The van der Waals surface area contributed by atoms with Gasteiger partial charge in [0.25, 0.3) is 5.91 Å². The number of methoxy groups -OCH3 is 1. The van der Waals surface area contributed by atoms with Gasteiger partial charge in [-0.1, -0.05) is 24.3 Å². The van der Waals surface area contributed by atoms with Crippen molar-refractivity contribution in [3.63, 3.8) is 0 Å². The highest BCUT2D eigenvalue weighted by molar-refractivity contribution is 6.08. The SMILES string of the molecule is CN[C@@H](C)C(=O)N[C@H]1CN(C(=O)CCCN)c2ccccc2N(Cc2c(OC)ccc3cc(C(=O)O)ccc23)C1=O.Cl. The summed E-state index contributed by atoms with van der Waals surface area (Å²) in [6, 6.07) is 13.8. The quantitative estimate of drug-likeness (QED) is 0.278. The zero-order valence-electron chi connectivity index (χ0n) is 23.8. The molecule has 0 bridgehead atoms. The number of amides is 3. The van der Waals surface area contributed by atoms with E-state index in [2.05, 4.69) is 10.6 Å². The van der Waals surface area contributed by atoms with Crippen LogP contribution in [0.4, 0.5) is 11.4 Å². The molecule has 224 valence electrons. The predicted octanol–water partition coefficient (Wildman–Crippen LogP) is 2.68. The van der Waals surface area contributed by atoms with Crippen LogP contribution in [0.3, 0.4) is 0 Å². The van der Waals surface area contributed by atoms with E-state index in [1.807, 2.05) is 0 Å². The molecule has 0 fully saturated rings. The first-order valence-corrected chi connectivity index (χ1v) is 13.4. The molecule has 5 N–H and O–H groups in total. The molecule has 4 rings (SSSR count). The zero-order chi connectivity index (χ0) is 29.7. The Balaban J connectivity index is 0.00000484. The van der Waals surface area contributed by atoms with Gasteiger partial charge in [0.05, 0.1) is 43.2 Å². The summed E-state index contributed by atoms with van der Waals surface area (Å²) >= 11 is 0. The minimum Gasteiger partial charge on any atom is -0.496 e. The van der Waals surface area contributed by atoms with E-state index in [9.17, 15) is 24.3 Å². The standard InChI is InChI=1S/C30H35N5O6.ClH/c1-18(32-2)28(37)33-23-17-34(27(36)9-6-14-31)24-7-4-5-8-25(24)35(29(23)38)16-22-21-12-10-20(30(39)40)15-19(21)11-13-26(22)41-3;/h4-5,7-8,10-13,15,18,23,32H,6,9,14,16-17,31H2,1-3H3,(H,33,37)(H,39,40);1H/t18-,23-;/m0./s1. The lowest BCUT2D eigenvalue weighted by molar-refractivity contribution is -0.128. The molecule has 2 atom stereocenters. The highest BCUT2D eigenvalue weighted by Gasteiger charge is 2.37. The second-order valence-electron chi connectivity index (χ2n) is 9.87. The number of para-hydroxylation sites is 2. The number of hydrogen-bond acceptors (Lipinski definition) is 7. The van der Waals surface area contributed by atoms with Gasteiger partial charge in [-0.05, 0) is 68.0 Å². The molecule has 3 aromatic carbocycles. The summed E-state index contributed by atoms with van der Waals surface area (Å²) in [5.74, 6) is -1.52. The lowest BCUT2D eigenvalue weighted by Gasteiger charge is -2.27. The summed E-state index contributed by atoms with van der Waals surface area (Å²) in [5.41, 5.74) is 7.49. The van der Waals surface area contributed by atoms with Crippen molar-refractivity contribution in [3.8, 4) is 5.75 Å². The van der Waals surface area contributed by atoms with Crippen LogP contribution in [0.25, 0.3) is 10.8 Å². The summed E-state index contributed by atoms with van der Waals surface area (Å²) in [7, 11) is 3.17. The molecule has 0 aromatic heterocycles. The Bertz CT molecular complexity index is 1480. The first-order chi connectivity index (χ1) is 19.7. The molecular weight excluding hydrogens is 562 g/mol. The number of fused-ring (bicyclic) bond motifs is 2. The van der Waals surface area contributed by atoms with Crippen LogP contribution >= 0.6 is 12.4 Å². The van der Waals surface area contributed by atoms with Crippen LogP contribution in [0.15, 0.2) is 54.6 Å². The van der Waals surface area contributed by atoms with Gasteiger partial charge in [-0.25, -0.2) is 4.79 Å². The van der Waals surface area contributed by atoms with Crippen molar-refractivity contribution in [1.82, 2.24) is 10.6 Å². The molecule has 42 heavy (non-hydrogen) atoms. The minimum atomic E-state index is -1.05. The van der Waals surface area contributed by atoms with Crippen molar-refractivity contribution >= 4 is 58.2 Å². The summed E-state index contributed by atoms with van der Waals surface area (Å²) in [4.78, 5) is 55.2. The fourth-order valence-corrected chi connectivity index (χ4v) is 4.93. The molecule has 1 aliphatic heterocycles. The van der Waals surface area contributed by atoms with Crippen molar-refractivity contribution in [1.29, 1.82) is 0 Å². The number of nitrogens with one attached hydrogen (secondary N) is 2. The average molecular weight is 598 g/mol. The Morgan fingerprint density at radius 1 is 1.12 bits per heavy atom. The summed E-state index contributed by atoms with van der Waals surface area (Å²) in [5, 5.41) is 16.6. The largest absolute Gasteiger partial charge is 0.496 e. The number of nitrogens with two attached hydrogens (primary N) is 1. The first-order valence-electron chi connectivity index (χ1n) is 13.4. The topological polar surface area (TPSA) is 154 Å². The Morgan fingerprint density at radius 2 is 1.83 bits per heavy atom. The molecule has 0 radical (unpaired) electrons. The highest BCUT2D eigenvalue weighted by atomic mass is 35.5. The summed E-state index contributed by atoms with van der Waals surface area (Å²) < 4.78 is 5.66. The third-order valence-electron chi connectivity index (χ3n) is 7.30. The molecule has 0 aliphatic carbocycles. The third-order valence-corrected chi connectivity index (χ3v) is 7.30. The maximum atomic E-state index is 14.2.